The molecule has 0 saturated carbocycles. The minimum Gasteiger partial charge on any atom is -0.267 e. The van der Waals surface area contributed by atoms with Gasteiger partial charge in [0.2, 0.25) is 0 Å². The number of hydrazine groups is 1. The van der Waals surface area contributed by atoms with E-state index in [-0.39, 0.29) is 5.91 Å². The maximum atomic E-state index is 12.9. The van der Waals surface area contributed by atoms with Crippen LogP contribution in [-0.2, 0) is 0 Å². The zero-order valence-electron chi connectivity index (χ0n) is 8.26. The first-order valence-corrected chi connectivity index (χ1v) is 5.49. The number of thiophene rings is 1. The van der Waals surface area contributed by atoms with Gasteiger partial charge in [-0.1, -0.05) is 6.07 Å². The molecule has 0 fully saturated rings. The van der Waals surface area contributed by atoms with E-state index in [2.05, 4.69) is 0 Å². The summed E-state index contributed by atoms with van der Waals surface area (Å²) >= 11 is 1.41. The maximum absolute atomic E-state index is 12.9. The summed E-state index contributed by atoms with van der Waals surface area (Å²) in [6, 6.07) is 7.27. The zero-order chi connectivity index (χ0) is 11.5. The van der Waals surface area contributed by atoms with E-state index in [9.17, 15) is 9.18 Å². The number of amides is 1. The van der Waals surface area contributed by atoms with Crippen LogP contribution in [0.5, 0.6) is 0 Å². The molecule has 1 amide bonds. The summed E-state index contributed by atoms with van der Waals surface area (Å²) in [5, 5.41) is 4.42. The molecule has 2 aromatic rings. The number of carbonyl (C=O) groups excluding carboxylic acids is 1. The Morgan fingerprint density at radius 1 is 1.38 bits per heavy atom. The quantitative estimate of drug-likeness (QED) is 0.494. The van der Waals surface area contributed by atoms with Crippen LogP contribution in [0, 0.1) is 5.82 Å². The van der Waals surface area contributed by atoms with Gasteiger partial charge in [-0.3, -0.25) is 4.79 Å². The van der Waals surface area contributed by atoms with E-state index < -0.39 is 5.82 Å². The molecule has 0 aliphatic carbocycles. The van der Waals surface area contributed by atoms with Crippen molar-refractivity contribution in [2.24, 2.45) is 5.84 Å². The Balaban J connectivity index is 2.26. The summed E-state index contributed by atoms with van der Waals surface area (Å²) in [7, 11) is 0. The molecule has 0 radical (unpaired) electrons. The predicted octanol–water partition coefficient (Wildman–Crippen LogP) is 2.41. The molecule has 2 N–H and O–H groups in total. The molecule has 0 bridgehead atoms. The Bertz CT molecular complexity index is 498. The summed E-state index contributed by atoms with van der Waals surface area (Å²) < 4.78 is 12.9. The average molecular weight is 236 g/mol. The molecule has 0 aliphatic heterocycles. The van der Waals surface area contributed by atoms with Crippen molar-refractivity contribution in [1.29, 1.82) is 0 Å². The maximum Gasteiger partial charge on any atom is 0.273 e. The van der Waals surface area contributed by atoms with Gasteiger partial charge in [-0.15, -0.1) is 0 Å². The summed E-state index contributed by atoms with van der Waals surface area (Å²) in [6.45, 7) is 0. The largest absolute Gasteiger partial charge is 0.273 e. The second-order valence-corrected chi connectivity index (χ2v) is 3.95. The molecule has 82 valence electrons. The van der Waals surface area contributed by atoms with Gasteiger partial charge in [-0.2, -0.15) is 11.3 Å². The molecule has 3 nitrogen and oxygen atoms in total. The van der Waals surface area contributed by atoms with Gasteiger partial charge in [0.05, 0.1) is 11.3 Å². The van der Waals surface area contributed by atoms with Crippen molar-refractivity contribution in [3.05, 3.63) is 52.5 Å². The number of rotatable bonds is 2. The lowest BCUT2D eigenvalue weighted by molar-refractivity contribution is 0.0987. The highest BCUT2D eigenvalue weighted by Crippen LogP contribution is 2.16. The van der Waals surface area contributed by atoms with E-state index in [1.165, 1.54) is 29.5 Å². The van der Waals surface area contributed by atoms with E-state index >= 15 is 0 Å². The van der Waals surface area contributed by atoms with Gasteiger partial charge >= 0.3 is 0 Å². The minimum atomic E-state index is -0.425. The molecule has 16 heavy (non-hydrogen) atoms. The third-order valence-electron chi connectivity index (χ3n) is 2.07. The fraction of sp³-hybridized carbons (Fsp3) is 0. The fourth-order valence-electron chi connectivity index (χ4n) is 1.27. The number of carbonyl (C=O) groups is 1. The number of hydrogen-bond donors (Lipinski definition) is 1. The van der Waals surface area contributed by atoms with Gasteiger partial charge in [-0.25, -0.2) is 15.2 Å². The van der Waals surface area contributed by atoms with E-state index in [0.717, 1.165) is 5.01 Å². The van der Waals surface area contributed by atoms with Gasteiger partial charge in [0.1, 0.15) is 5.82 Å². The Morgan fingerprint density at radius 3 is 2.81 bits per heavy atom. The van der Waals surface area contributed by atoms with Crippen molar-refractivity contribution in [2.45, 2.75) is 0 Å². The van der Waals surface area contributed by atoms with Crippen LogP contribution in [0.25, 0.3) is 0 Å². The summed E-state index contributed by atoms with van der Waals surface area (Å²) in [6.07, 6.45) is 0. The molecule has 0 atom stereocenters. The fourth-order valence-corrected chi connectivity index (χ4v) is 1.90. The first kappa shape index (κ1) is 10.8. The molecule has 0 spiro atoms. The first-order valence-electron chi connectivity index (χ1n) is 4.55. The summed E-state index contributed by atoms with van der Waals surface area (Å²) in [5.41, 5.74) is 0.827. The van der Waals surface area contributed by atoms with Crippen molar-refractivity contribution >= 4 is 22.9 Å². The highest BCUT2D eigenvalue weighted by molar-refractivity contribution is 7.08. The standard InChI is InChI=1S/C11H9FN2OS/c12-9-2-1-3-10(6-9)14(13)11(15)8-4-5-16-7-8/h1-7H,13H2. The third-order valence-corrected chi connectivity index (χ3v) is 2.76. The third kappa shape index (κ3) is 2.10. The van der Waals surface area contributed by atoms with E-state index in [1.54, 1.807) is 22.9 Å². The first-order chi connectivity index (χ1) is 7.68. The number of anilines is 1. The van der Waals surface area contributed by atoms with E-state index in [4.69, 9.17) is 5.84 Å². The van der Waals surface area contributed by atoms with Gasteiger partial charge in [0.25, 0.3) is 5.91 Å². The lowest BCUT2D eigenvalue weighted by Crippen LogP contribution is -2.37. The number of hydrogen-bond acceptors (Lipinski definition) is 3. The highest BCUT2D eigenvalue weighted by atomic mass is 32.1. The molecule has 0 aliphatic rings. The second kappa shape index (κ2) is 4.42. The average Bonchev–Trinajstić information content (AvgIpc) is 2.80. The van der Waals surface area contributed by atoms with Gasteiger partial charge in [0, 0.05) is 5.38 Å². The normalized spacial score (nSPS) is 10.1. The van der Waals surface area contributed by atoms with Gasteiger partial charge < -0.3 is 0 Å². The van der Waals surface area contributed by atoms with Crippen LogP contribution in [0.3, 0.4) is 0 Å². The second-order valence-electron chi connectivity index (χ2n) is 3.17. The molecule has 5 heteroatoms. The lowest BCUT2D eigenvalue weighted by atomic mass is 10.2. The van der Waals surface area contributed by atoms with E-state index in [1.807, 2.05) is 0 Å². The van der Waals surface area contributed by atoms with Crippen molar-refractivity contribution in [1.82, 2.24) is 0 Å². The predicted molar refractivity (Wildman–Crippen MR) is 61.7 cm³/mol. The van der Waals surface area contributed by atoms with Crippen LogP contribution >= 0.6 is 11.3 Å². The molecule has 0 saturated heterocycles. The number of benzene rings is 1. The number of halogens is 1. The Kier molecular flexibility index (Phi) is 2.98. The molecule has 1 aromatic carbocycles. The highest BCUT2D eigenvalue weighted by Gasteiger charge is 2.14. The molecule has 0 unspecified atom stereocenters. The van der Waals surface area contributed by atoms with Crippen LogP contribution in [0.15, 0.2) is 41.1 Å². The molecule has 2 rings (SSSR count). The smallest absolute Gasteiger partial charge is 0.267 e. The van der Waals surface area contributed by atoms with E-state index in [0.29, 0.717) is 11.3 Å². The molecule has 1 aromatic heterocycles. The summed E-state index contributed by atoms with van der Waals surface area (Å²) in [5.74, 6) is 4.84. The zero-order valence-corrected chi connectivity index (χ0v) is 9.08. The monoisotopic (exact) mass is 236 g/mol. The van der Waals surface area contributed by atoms with Crippen LogP contribution in [0.4, 0.5) is 10.1 Å². The topological polar surface area (TPSA) is 46.3 Å². The number of nitrogens with zero attached hydrogens (tertiary/aromatic N) is 1. The SMILES string of the molecule is NN(C(=O)c1ccsc1)c1cccc(F)c1. The van der Waals surface area contributed by atoms with Crippen LogP contribution < -0.4 is 10.9 Å². The molecular weight excluding hydrogens is 227 g/mol. The van der Waals surface area contributed by atoms with Crippen molar-refractivity contribution in [3.8, 4) is 0 Å². The molecule has 1 heterocycles. The summed E-state index contributed by atoms with van der Waals surface area (Å²) in [4.78, 5) is 11.8. The lowest BCUT2D eigenvalue weighted by Gasteiger charge is -2.15. The van der Waals surface area contributed by atoms with Crippen molar-refractivity contribution in [3.63, 3.8) is 0 Å². The Morgan fingerprint density at radius 2 is 2.19 bits per heavy atom. The van der Waals surface area contributed by atoms with Gasteiger partial charge in [-0.05, 0) is 29.6 Å². The van der Waals surface area contributed by atoms with Crippen LogP contribution in [0.2, 0.25) is 0 Å². The van der Waals surface area contributed by atoms with Crippen molar-refractivity contribution < 1.29 is 9.18 Å². The Hall–Kier alpha value is -1.72. The van der Waals surface area contributed by atoms with Gasteiger partial charge in [0.15, 0.2) is 0 Å². The van der Waals surface area contributed by atoms with Crippen LogP contribution in [-0.4, -0.2) is 5.91 Å². The molecular formula is C11H9FN2OS. The number of nitrogens with two attached hydrogens (primary N) is 1. The minimum absolute atomic E-state index is 0.330. The van der Waals surface area contributed by atoms with Crippen LogP contribution in [0.1, 0.15) is 10.4 Å². The Labute approximate surface area is 95.9 Å². The van der Waals surface area contributed by atoms with Crippen molar-refractivity contribution in [2.75, 3.05) is 5.01 Å².